The Kier molecular flexibility index (Phi) is 7.02. The molecule has 2 unspecified atom stereocenters. The van der Waals surface area contributed by atoms with Crippen molar-refractivity contribution >= 4 is 23.6 Å². The van der Waals surface area contributed by atoms with E-state index in [0.717, 1.165) is 12.0 Å². The van der Waals surface area contributed by atoms with Crippen LogP contribution in [0.25, 0.3) is 0 Å². The minimum atomic E-state index is -0.892. The summed E-state index contributed by atoms with van der Waals surface area (Å²) in [5.41, 5.74) is 0.817. The third kappa shape index (κ3) is 5.63. The number of aliphatic carboxylic acids is 1. The highest BCUT2D eigenvalue weighted by molar-refractivity contribution is 6.31. The second-order valence-corrected chi connectivity index (χ2v) is 5.33. The van der Waals surface area contributed by atoms with Crippen LogP contribution in [-0.4, -0.2) is 23.7 Å². The number of hydrogen-bond acceptors (Lipinski definition) is 2. The van der Waals surface area contributed by atoms with Crippen molar-refractivity contribution in [2.75, 3.05) is 6.54 Å². The van der Waals surface area contributed by atoms with Crippen molar-refractivity contribution in [3.05, 3.63) is 34.9 Å². The van der Waals surface area contributed by atoms with Crippen molar-refractivity contribution in [2.24, 2.45) is 5.92 Å². The zero-order chi connectivity index (χ0) is 15.8. The van der Waals surface area contributed by atoms with Gasteiger partial charge in [-0.3, -0.25) is 4.79 Å². The molecule has 1 aromatic rings. The van der Waals surface area contributed by atoms with Gasteiger partial charge < -0.3 is 15.7 Å². The maximum absolute atomic E-state index is 11.8. The summed E-state index contributed by atoms with van der Waals surface area (Å²) in [6, 6.07) is 6.61. The molecule has 5 nitrogen and oxygen atoms in total. The molecule has 1 rings (SSSR count). The lowest BCUT2D eigenvalue weighted by molar-refractivity contribution is -0.141. The standard InChI is InChI=1S/C15H21ClN2O3/c1-3-6-11(14(19)20)9-17-15(21)18-10(2)12-7-4-5-8-13(12)16/h4-5,7-8,10-11H,3,6,9H2,1-2H3,(H,19,20)(H2,17,18,21). The van der Waals surface area contributed by atoms with E-state index in [1.165, 1.54) is 0 Å². The molecule has 0 aliphatic rings. The van der Waals surface area contributed by atoms with Gasteiger partial charge >= 0.3 is 12.0 Å². The number of nitrogens with one attached hydrogen (secondary N) is 2. The minimum absolute atomic E-state index is 0.115. The highest BCUT2D eigenvalue weighted by Crippen LogP contribution is 2.21. The summed E-state index contributed by atoms with van der Waals surface area (Å²) in [5, 5.41) is 14.9. The van der Waals surface area contributed by atoms with E-state index in [1.807, 2.05) is 32.0 Å². The van der Waals surface area contributed by atoms with Crippen LogP contribution in [0.15, 0.2) is 24.3 Å². The van der Waals surface area contributed by atoms with Crippen LogP contribution >= 0.6 is 11.6 Å². The average molecular weight is 313 g/mol. The van der Waals surface area contributed by atoms with Crippen LogP contribution in [-0.2, 0) is 4.79 Å². The summed E-state index contributed by atoms with van der Waals surface area (Å²) in [4.78, 5) is 22.8. The molecule has 0 heterocycles. The van der Waals surface area contributed by atoms with Crippen molar-refractivity contribution in [3.8, 4) is 0 Å². The number of carboxylic acids is 1. The second kappa shape index (κ2) is 8.52. The predicted octanol–water partition coefficient (Wildman–Crippen LogP) is 3.20. The number of amides is 2. The lowest BCUT2D eigenvalue weighted by Gasteiger charge is -2.17. The Hall–Kier alpha value is -1.75. The molecule has 1 aromatic carbocycles. The Labute approximate surface area is 129 Å². The molecule has 0 saturated heterocycles. The fourth-order valence-corrected chi connectivity index (χ4v) is 2.33. The van der Waals surface area contributed by atoms with Gasteiger partial charge in [0.15, 0.2) is 0 Å². The molecule has 116 valence electrons. The van der Waals surface area contributed by atoms with Gasteiger partial charge in [0.2, 0.25) is 0 Å². The number of benzene rings is 1. The number of carbonyl (C=O) groups excluding carboxylic acids is 1. The van der Waals surface area contributed by atoms with Gasteiger partial charge in [-0.25, -0.2) is 4.79 Å². The molecule has 6 heteroatoms. The molecular formula is C15H21ClN2O3. The monoisotopic (exact) mass is 312 g/mol. The Morgan fingerprint density at radius 1 is 1.33 bits per heavy atom. The van der Waals surface area contributed by atoms with Crippen LogP contribution in [0.2, 0.25) is 5.02 Å². The highest BCUT2D eigenvalue weighted by atomic mass is 35.5. The van der Waals surface area contributed by atoms with Gasteiger partial charge in [0.25, 0.3) is 0 Å². The first kappa shape index (κ1) is 17.3. The largest absolute Gasteiger partial charge is 0.481 e. The molecular weight excluding hydrogens is 292 g/mol. The van der Waals surface area contributed by atoms with E-state index in [2.05, 4.69) is 10.6 Å². The zero-order valence-corrected chi connectivity index (χ0v) is 13.0. The van der Waals surface area contributed by atoms with E-state index in [9.17, 15) is 9.59 Å². The third-order valence-electron chi connectivity index (χ3n) is 3.21. The molecule has 0 aliphatic heterocycles. The Balaban J connectivity index is 2.50. The molecule has 0 fully saturated rings. The maximum atomic E-state index is 11.8. The number of rotatable bonds is 7. The van der Waals surface area contributed by atoms with Crippen molar-refractivity contribution in [1.29, 1.82) is 0 Å². The van der Waals surface area contributed by atoms with Crippen molar-refractivity contribution < 1.29 is 14.7 Å². The second-order valence-electron chi connectivity index (χ2n) is 4.92. The molecule has 0 aromatic heterocycles. The predicted molar refractivity (Wildman–Crippen MR) is 82.4 cm³/mol. The van der Waals surface area contributed by atoms with E-state index in [4.69, 9.17) is 16.7 Å². The Morgan fingerprint density at radius 2 is 2.00 bits per heavy atom. The van der Waals surface area contributed by atoms with Crippen LogP contribution in [0.5, 0.6) is 0 Å². The minimum Gasteiger partial charge on any atom is -0.481 e. The quantitative estimate of drug-likeness (QED) is 0.723. The molecule has 2 amide bonds. The van der Waals surface area contributed by atoms with Gasteiger partial charge in [0, 0.05) is 11.6 Å². The Morgan fingerprint density at radius 3 is 2.57 bits per heavy atom. The van der Waals surface area contributed by atoms with Gasteiger partial charge in [0.1, 0.15) is 0 Å². The van der Waals surface area contributed by atoms with Crippen molar-refractivity contribution in [2.45, 2.75) is 32.7 Å². The fraction of sp³-hybridized carbons (Fsp3) is 0.467. The molecule has 3 N–H and O–H groups in total. The normalized spacial score (nSPS) is 13.3. The summed E-state index contributed by atoms with van der Waals surface area (Å²) in [6.07, 6.45) is 1.30. The number of hydrogen-bond donors (Lipinski definition) is 3. The van der Waals surface area contributed by atoms with Crippen LogP contribution in [0.4, 0.5) is 4.79 Å². The number of urea groups is 1. The zero-order valence-electron chi connectivity index (χ0n) is 12.2. The van der Waals surface area contributed by atoms with Crippen LogP contribution in [0.3, 0.4) is 0 Å². The number of carboxylic acid groups (broad SMARTS) is 1. The SMILES string of the molecule is CCCC(CNC(=O)NC(C)c1ccccc1Cl)C(=O)O. The molecule has 21 heavy (non-hydrogen) atoms. The number of halogens is 1. The summed E-state index contributed by atoms with van der Waals surface area (Å²) in [6.45, 7) is 3.85. The van der Waals surface area contributed by atoms with E-state index in [0.29, 0.717) is 11.4 Å². The first-order chi connectivity index (χ1) is 9.95. The average Bonchev–Trinajstić information content (AvgIpc) is 2.43. The Bertz CT molecular complexity index is 494. The van der Waals surface area contributed by atoms with E-state index in [1.54, 1.807) is 6.07 Å². The molecule has 2 atom stereocenters. The van der Waals surface area contributed by atoms with E-state index >= 15 is 0 Å². The van der Waals surface area contributed by atoms with E-state index < -0.39 is 17.9 Å². The highest BCUT2D eigenvalue weighted by Gasteiger charge is 2.18. The molecule has 0 aliphatic carbocycles. The first-order valence-corrected chi connectivity index (χ1v) is 7.35. The first-order valence-electron chi connectivity index (χ1n) is 6.97. The summed E-state index contributed by atoms with van der Waals surface area (Å²) >= 11 is 6.06. The van der Waals surface area contributed by atoms with Crippen molar-refractivity contribution in [3.63, 3.8) is 0 Å². The summed E-state index contributed by atoms with van der Waals surface area (Å²) < 4.78 is 0. The third-order valence-corrected chi connectivity index (χ3v) is 3.56. The fourth-order valence-electron chi connectivity index (χ4n) is 2.03. The molecule has 0 bridgehead atoms. The molecule has 0 radical (unpaired) electrons. The lowest BCUT2D eigenvalue weighted by Crippen LogP contribution is -2.40. The molecule has 0 spiro atoms. The van der Waals surface area contributed by atoms with Crippen molar-refractivity contribution in [1.82, 2.24) is 10.6 Å². The van der Waals surface area contributed by atoms with Crippen LogP contribution in [0.1, 0.15) is 38.3 Å². The van der Waals surface area contributed by atoms with Crippen LogP contribution in [0, 0.1) is 5.92 Å². The lowest BCUT2D eigenvalue weighted by atomic mass is 10.0. The summed E-state index contributed by atoms with van der Waals surface area (Å²) in [5.74, 6) is -1.45. The van der Waals surface area contributed by atoms with Gasteiger partial charge in [-0.2, -0.15) is 0 Å². The topological polar surface area (TPSA) is 78.4 Å². The van der Waals surface area contributed by atoms with Gasteiger partial charge in [-0.1, -0.05) is 43.1 Å². The number of carbonyl (C=O) groups is 2. The van der Waals surface area contributed by atoms with E-state index in [-0.39, 0.29) is 12.6 Å². The summed E-state index contributed by atoms with van der Waals surface area (Å²) in [7, 11) is 0. The van der Waals surface area contributed by atoms with Crippen LogP contribution < -0.4 is 10.6 Å². The molecule has 0 saturated carbocycles. The van der Waals surface area contributed by atoms with Gasteiger partial charge in [0.05, 0.1) is 12.0 Å². The van der Waals surface area contributed by atoms with Gasteiger partial charge in [-0.05, 0) is 25.0 Å². The maximum Gasteiger partial charge on any atom is 0.315 e. The van der Waals surface area contributed by atoms with Gasteiger partial charge in [-0.15, -0.1) is 0 Å². The smallest absolute Gasteiger partial charge is 0.315 e.